The third kappa shape index (κ3) is 10.8. The molecule has 66 heavy (non-hydrogen) atoms. The molecule has 6 aromatic carbocycles. The van der Waals surface area contributed by atoms with Gasteiger partial charge in [-0.25, -0.2) is 4.98 Å². The molecule has 3 nitrogen and oxygen atoms in total. The highest BCUT2D eigenvalue weighted by atomic mass is 32.1. The maximum atomic E-state index is 5.39. The van der Waals surface area contributed by atoms with Crippen molar-refractivity contribution in [3.63, 3.8) is 0 Å². The smallest absolute Gasteiger partial charge is 0.199 e. The lowest BCUT2D eigenvalue weighted by Gasteiger charge is -2.37. The SMILES string of the molecule is CCCCCc1ccc2c(c1)[B]c1c(N(c3cc(CCCC)cc([C@H](C)CCCC)c3)c3cc4nc(-c5ccc(CCCC)cc5)sc4cc3C)cccc1N2c1ccc(CCCC)cc1. The van der Waals surface area contributed by atoms with Crippen molar-refractivity contribution in [2.45, 2.75) is 157 Å². The number of unbranched alkanes of at least 4 members (excludes halogenated alkanes) is 6. The fourth-order valence-corrected chi connectivity index (χ4v) is 10.9. The summed E-state index contributed by atoms with van der Waals surface area (Å²) in [4.78, 5) is 10.5. The molecule has 7 aromatic rings. The fourth-order valence-electron chi connectivity index (χ4n) is 9.84. The van der Waals surface area contributed by atoms with Gasteiger partial charge in [-0.15, -0.1) is 11.3 Å². The quantitative estimate of drug-likeness (QED) is 0.0499. The highest BCUT2D eigenvalue weighted by molar-refractivity contribution is 7.21. The molecule has 1 atom stereocenters. The van der Waals surface area contributed by atoms with Gasteiger partial charge in [0.1, 0.15) is 5.01 Å². The first-order chi connectivity index (χ1) is 32.3. The molecule has 5 heteroatoms. The molecule has 8 rings (SSSR count). The molecule has 0 unspecified atom stereocenters. The highest BCUT2D eigenvalue weighted by Gasteiger charge is 2.30. The Kier molecular flexibility index (Phi) is 16.2. The summed E-state index contributed by atoms with van der Waals surface area (Å²) in [6, 6.07) is 45.1. The maximum absolute atomic E-state index is 5.39. The van der Waals surface area contributed by atoms with Crippen LogP contribution in [0.5, 0.6) is 0 Å². The molecule has 0 aliphatic carbocycles. The molecule has 0 N–H and O–H groups in total. The van der Waals surface area contributed by atoms with E-state index < -0.39 is 0 Å². The second-order valence-corrected chi connectivity index (χ2v) is 20.2. The lowest BCUT2D eigenvalue weighted by atomic mass is 9.59. The van der Waals surface area contributed by atoms with Gasteiger partial charge in [-0.2, -0.15) is 0 Å². The largest absolute Gasteiger partial charge is 0.312 e. The summed E-state index contributed by atoms with van der Waals surface area (Å²) in [6.07, 6.45) is 18.9. The lowest BCUT2D eigenvalue weighted by Crippen LogP contribution is -2.42. The fraction of sp³-hybridized carbons (Fsp3) is 0.393. The molecule has 0 saturated heterocycles. The van der Waals surface area contributed by atoms with Crippen molar-refractivity contribution >= 4 is 73.9 Å². The average molecular weight is 891 g/mol. The average Bonchev–Trinajstić information content (AvgIpc) is 3.76. The summed E-state index contributed by atoms with van der Waals surface area (Å²) >= 11 is 1.81. The first-order valence-electron chi connectivity index (χ1n) is 25.8. The Morgan fingerprint density at radius 2 is 1.24 bits per heavy atom. The van der Waals surface area contributed by atoms with Crippen LogP contribution in [-0.4, -0.2) is 12.3 Å². The van der Waals surface area contributed by atoms with Gasteiger partial charge in [0.2, 0.25) is 0 Å². The molecule has 0 saturated carbocycles. The van der Waals surface area contributed by atoms with Gasteiger partial charge in [-0.3, -0.25) is 0 Å². The highest BCUT2D eigenvalue weighted by Crippen LogP contribution is 2.44. The van der Waals surface area contributed by atoms with Crippen molar-refractivity contribution in [2.75, 3.05) is 9.80 Å². The van der Waals surface area contributed by atoms with Crippen molar-refractivity contribution < 1.29 is 0 Å². The van der Waals surface area contributed by atoms with E-state index in [4.69, 9.17) is 4.98 Å². The van der Waals surface area contributed by atoms with Crippen LogP contribution in [0.4, 0.5) is 34.1 Å². The Labute approximate surface area is 403 Å². The first-order valence-corrected chi connectivity index (χ1v) is 26.6. The Bertz CT molecular complexity index is 2680. The molecule has 0 fully saturated rings. The van der Waals surface area contributed by atoms with Crippen LogP contribution in [-0.2, 0) is 25.7 Å². The van der Waals surface area contributed by atoms with Crippen LogP contribution in [0.3, 0.4) is 0 Å². The van der Waals surface area contributed by atoms with E-state index in [-0.39, 0.29) is 0 Å². The van der Waals surface area contributed by atoms with E-state index in [0.717, 1.165) is 36.2 Å². The lowest BCUT2D eigenvalue weighted by molar-refractivity contribution is 0.623. The van der Waals surface area contributed by atoms with Gasteiger partial charge in [0.15, 0.2) is 7.28 Å². The zero-order chi connectivity index (χ0) is 46.0. The molecule has 0 bridgehead atoms. The van der Waals surface area contributed by atoms with Crippen molar-refractivity contribution in [3.05, 3.63) is 149 Å². The molecule has 1 aromatic heterocycles. The van der Waals surface area contributed by atoms with E-state index in [0.29, 0.717) is 5.92 Å². The van der Waals surface area contributed by atoms with Gasteiger partial charge in [0, 0.05) is 34.0 Å². The van der Waals surface area contributed by atoms with Crippen LogP contribution in [0.25, 0.3) is 20.8 Å². The van der Waals surface area contributed by atoms with Crippen molar-refractivity contribution in [3.8, 4) is 10.6 Å². The van der Waals surface area contributed by atoms with Gasteiger partial charge in [-0.1, -0.05) is 153 Å². The summed E-state index contributed by atoms with van der Waals surface area (Å²) in [5, 5.41) is 1.08. The molecule has 2 heterocycles. The van der Waals surface area contributed by atoms with Crippen LogP contribution in [0.1, 0.15) is 158 Å². The molecule has 0 amide bonds. The van der Waals surface area contributed by atoms with Gasteiger partial charge < -0.3 is 9.80 Å². The number of aryl methyl sites for hydroxylation is 5. The zero-order valence-electron chi connectivity index (χ0n) is 41.2. The van der Waals surface area contributed by atoms with Gasteiger partial charge in [0.25, 0.3) is 0 Å². The van der Waals surface area contributed by atoms with E-state index in [1.165, 1.54) is 166 Å². The Morgan fingerprint density at radius 1 is 0.591 bits per heavy atom. The number of benzene rings is 6. The Balaban J connectivity index is 1.32. The third-order valence-electron chi connectivity index (χ3n) is 13.9. The van der Waals surface area contributed by atoms with E-state index in [1.54, 1.807) is 0 Å². The first kappa shape index (κ1) is 47.4. The second kappa shape index (κ2) is 22.6. The molecule has 1 aliphatic rings. The molecule has 0 spiro atoms. The zero-order valence-corrected chi connectivity index (χ0v) is 42.0. The predicted molar refractivity (Wildman–Crippen MR) is 291 cm³/mol. The number of rotatable bonds is 22. The minimum Gasteiger partial charge on any atom is -0.312 e. The van der Waals surface area contributed by atoms with Crippen LogP contribution in [0.15, 0.2) is 115 Å². The van der Waals surface area contributed by atoms with E-state index in [2.05, 4.69) is 181 Å². The van der Waals surface area contributed by atoms with Crippen LogP contribution in [0.2, 0.25) is 0 Å². The van der Waals surface area contributed by atoms with Crippen molar-refractivity contribution in [1.82, 2.24) is 4.98 Å². The van der Waals surface area contributed by atoms with Gasteiger partial charge in [0.05, 0.1) is 15.9 Å². The summed E-state index contributed by atoms with van der Waals surface area (Å²) in [7, 11) is 2.49. The van der Waals surface area contributed by atoms with Gasteiger partial charge in [-0.05, 0) is 164 Å². The molecule has 1 radical (unpaired) electrons. The summed E-state index contributed by atoms with van der Waals surface area (Å²) in [6.45, 7) is 16.2. The number of fused-ring (bicyclic) bond motifs is 3. The van der Waals surface area contributed by atoms with Crippen molar-refractivity contribution in [1.29, 1.82) is 0 Å². The minimum atomic E-state index is 0.468. The van der Waals surface area contributed by atoms with E-state index in [1.807, 2.05) is 11.3 Å². The number of thiazole rings is 1. The maximum Gasteiger partial charge on any atom is 0.199 e. The van der Waals surface area contributed by atoms with Gasteiger partial charge >= 0.3 is 0 Å². The van der Waals surface area contributed by atoms with E-state index in [9.17, 15) is 0 Å². The standard InChI is InChI=1S/C61H73BN3S/c1-8-13-18-24-47-31-36-55-53(40-47)62-60-56(64(55)51-34-29-46(30-35-51)22-16-11-4)25-19-26-57(60)65(52-39-48(23-17-12-5)38-50(41-52)43(6)20-14-9-2)58-42-54-59(37-44(58)7)66-61(63-54)49-32-27-45(28-33-49)21-15-10-3/h19,25-43H,8-18,20-24H2,1-7H3/t43-/m1/s1. The summed E-state index contributed by atoms with van der Waals surface area (Å²) in [5.41, 5.74) is 20.4. The third-order valence-corrected chi connectivity index (χ3v) is 14.9. The van der Waals surface area contributed by atoms with Crippen LogP contribution < -0.4 is 20.7 Å². The normalized spacial score (nSPS) is 12.6. The van der Waals surface area contributed by atoms with Crippen LogP contribution in [0, 0.1) is 6.92 Å². The van der Waals surface area contributed by atoms with E-state index >= 15 is 0 Å². The van der Waals surface area contributed by atoms with Crippen LogP contribution >= 0.6 is 11.3 Å². The molecular weight excluding hydrogens is 818 g/mol. The minimum absolute atomic E-state index is 0.468. The molecule has 341 valence electrons. The number of hydrogen-bond donors (Lipinski definition) is 0. The number of aromatic nitrogens is 1. The Morgan fingerprint density at radius 3 is 1.94 bits per heavy atom. The monoisotopic (exact) mass is 891 g/mol. The summed E-state index contributed by atoms with van der Waals surface area (Å²) < 4.78 is 1.23. The molecule has 1 aliphatic heterocycles. The topological polar surface area (TPSA) is 19.4 Å². The number of nitrogens with zero attached hydrogens (tertiary/aromatic N) is 3. The predicted octanol–water partition coefficient (Wildman–Crippen LogP) is 17.2. The molecular formula is C61H73BN3S. The number of hydrogen-bond acceptors (Lipinski definition) is 4. The van der Waals surface area contributed by atoms with Crippen molar-refractivity contribution in [2.24, 2.45) is 0 Å². The number of anilines is 6. The second-order valence-electron chi connectivity index (χ2n) is 19.2. The summed E-state index contributed by atoms with van der Waals surface area (Å²) in [5.74, 6) is 0.468. The Hall–Kier alpha value is -5.13.